The molecule has 0 spiro atoms. The van der Waals surface area contributed by atoms with Crippen LogP contribution in [0.25, 0.3) is 11.3 Å². The second kappa shape index (κ2) is 8.90. The molecule has 0 aliphatic rings. The van der Waals surface area contributed by atoms with Gasteiger partial charge in [-0.15, -0.1) is 0 Å². The van der Waals surface area contributed by atoms with Crippen LogP contribution in [0.2, 0.25) is 0 Å². The number of aryl methyl sites for hydroxylation is 1. The third-order valence-electron chi connectivity index (χ3n) is 4.20. The topological polar surface area (TPSA) is 77.8 Å². The van der Waals surface area contributed by atoms with Gasteiger partial charge >= 0.3 is 5.97 Å². The molecule has 2 aromatic carbocycles. The molecule has 3 aromatic rings. The van der Waals surface area contributed by atoms with E-state index in [9.17, 15) is 9.59 Å². The summed E-state index contributed by atoms with van der Waals surface area (Å²) in [6.07, 6.45) is 0.733. The fourth-order valence-electron chi connectivity index (χ4n) is 2.72. The predicted octanol–water partition coefficient (Wildman–Crippen LogP) is 4.31. The number of nitrogens with one attached hydrogen (secondary N) is 1. The first-order chi connectivity index (χ1) is 13.6. The Bertz CT molecular complexity index is 959. The lowest BCUT2D eigenvalue weighted by molar-refractivity contribution is -0.116. The molecule has 0 atom stereocenters. The molecule has 0 saturated carbocycles. The molecule has 6 nitrogen and oxygen atoms in total. The van der Waals surface area contributed by atoms with Gasteiger partial charge in [-0.05, 0) is 54.6 Å². The standard InChI is InChI=1S/C22H21NO5/c1-26-18-8-6-15(7-9-18)20-12-10-19(28-20)11-13-21(24)23-17-5-3-4-16(14-17)22(25)27-2/h3-10,12,14H,11,13H2,1-2H3,(H,23,24). The molecule has 144 valence electrons. The Balaban J connectivity index is 1.56. The second-order valence-corrected chi connectivity index (χ2v) is 6.12. The molecule has 0 fully saturated rings. The van der Waals surface area contributed by atoms with Crippen molar-refractivity contribution in [3.8, 4) is 17.1 Å². The number of esters is 1. The lowest BCUT2D eigenvalue weighted by Gasteiger charge is -2.06. The Labute approximate surface area is 163 Å². The number of ether oxygens (including phenoxy) is 2. The van der Waals surface area contributed by atoms with Crippen molar-refractivity contribution in [2.45, 2.75) is 12.8 Å². The zero-order valence-corrected chi connectivity index (χ0v) is 15.7. The summed E-state index contributed by atoms with van der Waals surface area (Å²) in [5.41, 5.74) is 1.87. The molecule has 0 bridgehead atoms. The third kappa shape index (κ3) is 4.79. The van der Waals surface area contributed by atoms with Gasteiger partial charge in [0.2, 0.25) is 5.91 Å². The van der Waals surface area contributed by atoms with Crippen molar-refractivity contribution in [3.63, 3.8) is 0 Å². The zero-order chi connectivity index (χ0) is 19.9. The van der Waals surface area contributed by atoms with Crippen LogP contribution in [-0.4, -0.2) is 26.1 Å². The Hall–Kier alpha value is -3.54. The molecule has 1 heterocycles. The molecule has 0 saturated heterocycles. The summed E-state index contributed by atoms with van der Waals surface area (Å²) in [6.45, 7) is 0. The van der Waals surface area contributed by atoms with Gasteiger partial charge in [-0.1, -0.05) is 6.07 Å². The van der Waals surface area contributed by atoms with E-state index in [1.165, 1.54) is 7.11 Å². The lowest BCUT2D eigenvalue weighted by Crippen LogP contribution is -2.12. The number of anilines is 1. The van der Waals surface area contributed by atoms with E-state index in [2.05, 4.69) is 10.1 Å². The van der Waals surface area contributed by atoms with Crippen molar-refractivity contribution in [3.05, 3.63) is 72.0 Å². The predicted molar refractivity (Wildman–Crippen MR) is 105 cm³/mol. The Morgan fingerprint density at radius 2 is 1.79 bits per heavy atom. The number of carbonyl (C=O) groups excluding carboxylic acids is 2. The fraction of sp³-hybridized carbons (Fsp3) is 0.182. The van der Waals surface area contributed by atoms with E-state index in [-0.39, 0.29) is 12.3 Å². The highest BCUT2D eigenvalue weighted by atomic mass is 16.5. The number of hydrogen-bond acceptors (Lipinski definition) is 5. The van der Waals surface area contributed by atoms with Crippen LogP contribution in [0, 0.1) is 0 Å². The first-order valence-corrected chi connectivity index (χ1v) is 8.80. The minimum absolute atomic E-state index is 0.163. The SMILES string of the molecule is COC(=O)c1cccc(NC(=O)CCc2ccc(-c3ccc(OC)cc3)o2)c1. The van der Waals surface area contributed by atoms with Crippen LogP contribution >= 0.6 is 0 Å². The van der Waals surface area contributed by atoms with Gasteiger partial charge < -0.3 is 19.2 Å². The smallest absolute Gasteiger partial charge is 0.337 e. The van der Waals surface area contributed by atoms with Crippen molar-refractivity contribution in [2.24, 2.45) is 0 Å². The molecule has 0 aliphatic carbocycles. The van der Waals surface area contributed by atoms with E-state index < -0.39 is 5.97 Å². The van der Waals surface area contributed by atoms with Gasteiger partial charge in [-0.2, -0.15) is 0 Å². The zero-order valence-electron chi connectivity index (χ0n) is 15.7. The van der Waals surface area contributed by atoms with Gasteiger partial charge in [-0.3, -0.25) is 4.79 Å². The summed E-state index contributed by atoms with van der Waals surface area (Å²) >= 11 is 0. The van der Waals surface area contributed by atoms with Crippen LogP contribution in [0.4, 0.5) is 5.69 Å². The molecule has 0 unspecified atom stereocenters. The van der Waals surface area contributed by atoms with E-state index in [4.69, 9.17) is 9.15 Å². The largest absolute Gasteiger partial charge is 0.497 e. The summed E-state index contributed by atoms with van der Waals surface area (Å²) in [7, 11) is 2.94. The van der Waals surface area contributed by atoms with E-state index in [1.807, 2.05) is 36.4 Å². The van der Waals surface area contributed by atoms with Gasteiger partial charge in [0.1, 0.15) is 17.3 Å². The summed E-state index contributed by atoms with van der Waals surface area (Å²) < 4.78 is 15.7. The monoisotopic (exact) mass is 379 g/mol. The van der Waals surface area contributed by atoms with Gasteiger partial charge in [-0.25, -0.2) is 4.79 Å². The maximum atomic E-state index is 12.2. The molecular formula is C22H21NO5. The van der Waals surface area contributed by atoms with Crippen LogP contribution < -0.4 is 10.1 Å². The highest BCUT2D eigenvalue weighted by Gasteiger charge is 2.10. The highest BCUT2D eigenvalue weighted by molar-refractivity contribution is 5.94. The van der Waals surface area contributed by atoms with Crippen LogP contribution in [0.15, 0.2) is 65.1 Å². The van der Waals surface area contributed by atoms with Crippen LogP contribution in [0.3, 0.4) is 0 Å². The first-order valence-electron chi connectivity index (χ1n) is 8.80. The number of carbonyl (C=O) groups is 2. The quantitative estimate of drug-likeness (QED) is 0.619. The van der Waals surface area contributed by atoms with Crippen molar-refractivity contribution in [1.29, 1.82) is 0 Å². The number of furan rings is 1. The maximum absolute atomic E-state index is 12.2. The molecular weight excluding hydrogens is 358 g/mol. The maximum Gasteiger partial charge on any atom is 0.337 e. The van der Waals surface area contributed by atoms with E-state index in [0.29, 0.717) is 17.7 Å². The average molecular weight is 379 g/mol. The van der Waals surface area contributed by atoms with Crippen LogP contribution in [0.5, 0.6) is 5.75 Å². The summed E-state index contributed by atoms with van der Waals surface area (Å²) in [6, 6.07) is 17.9. The van der Waals surface area contributed by atoms with Crippen molar-refractivity contribution in [1.82, 2.24) is 0 Å². The summed E-state index contributed by atoms with van der Waals surface area (Å²) in [5, 5.41) is 2.78. The summed E-state index contributed by atoms with van der Waals surface area (Å²) in [4.78, 5) is 23.8. The normalized spacial score (nSPS) is 10.4. The molecule has 0 aliphatic heterocycles. The highest BCUT2D eigenvalue weighted by Crippen LogP contribution is 2.25. The Morgan fingerprint density at radius 1 is 1.00 bits per heavy atom. The lowest BCUT2D eigenvalue weighted by atomic mass is 10.1. The number of hydrogen-bond donors (Lipinski definition) is 1. The van der Waals surface area contributed by atoms with Gasteiger partial charge in [0.25, 0.3) is 0 Å². The van der Waals surface area contributed by atoms with Crippen LogP contribution in [-0.2, 0) is 16.0 Å². The number of amides is 1. The van der Waals surface area contributed by atoms with Gasteiger partial charge in [0.15, 0.2) is 0 Å². The molecule has 1 amide bonds. The minimum atomic E-state index is -0.447. The van der Waals surface area contributed by atoms with Gasteiger partial charge in [0, 0.05) is 24.1 Å². The molecule has 1 N–H and O–H groups in total. The Kier molecular flexibility index (Phi) is 6.11. The molecule has 3 rings (SSSR count). The van der Waals surface area contributed by atoms with E-state index >= 15 is 0 Å². The first kappa shape index (κ1) is 19.2. The van der Waals surface area contributed by atoms with E-state index in [0.717, 1.165) is 22.8 Å². The Morgan fingerprint density at radius 3 is 2.50 bits per heavy atom. The number of rotatable bonds is 7. The molecule has 1 aromatic heterocycles. The third-order valence-corrected chi connectivity index (χ3v) is 4.20. The molecule has 6 heteroatoms. The van der Waals surface area contributed by atoms with Gasteiger partial charge in [0.05, 0.1) is 19.8 Å². The molecule has 0 radical (unpaired) electrons. The van der Waals surface area contributed by atoms with Crippen molar-refractivity contribution in [2.75, 3.05) is 19.5 Å². The van der Waals surface area contributed by atoms with Crippen LogP contribution in [0.1, 0.15) is 22.5 Å². The molecule has 28 heavy (non-hydrogen) atoms. The second-order valence-electron chi connectivity index (χ2n) is 6.12. The average Bonchev–Trinajstić information content (AvgIpc) is 3.21. The van der Waals surface area contributed by atoms with Crippen molar-refractivity contribution >= 4 is 17.6 Å². The number of benzene rings is 2. The number of methoxy groups -OCH3 is 2. The minimum Gasteiger partial charge on any atom is -0.497 e. The fourth-order valence-corrected chi connectivity index (χ4v) is 2.72. The van der Waals surface area contributed by atoms with E-state index in [1.54, 1.807) is 31.4 Å². The summed E-state index contributed by atoms with van der Waals surface area (Å²) in [5.74, 6) is 1.64. The van der Waals surface area contributed by atoms with Crippen molar-refractivity contribution < 1.29 is 23.5 Å².